The Hall–Kier alpha value is -3.20. The quantitative estimate of drug-likeness (QED) is 0.451. The molecule has 0 radical (unpaired) electrons. The summed E-state index contributed by atoms with van der Waals surface area (Å²) in [6.07, 6.45) is 2.29. The van der Waals surface area contributed by atoms with Crippen molar-refractivity contribution in [3.8, 4) is 5.75 Å². The Kier molecular flexibility index (Phi) is 6.05. The Morgan fingerprint density at radius 1 is 1.21 bits per heavy atom. The van der Waals surface area contributed by atoms with E-state index in [1.54, 1.807) is 0 Å². The molecule has 1 heterocycles. The van der Waals surface area contributed by atoms with Crippen LogP contribution in [-0.2, 0) is 0 Å². The Bertz CT molecular complexity index is 913. The first-order valence-electron chi connectivity index (χ1n) is 8.78. The lowest BCUT2D eigenvalue weighted by atomic mass is 10.1. The minimum Gasteiger partial charge on any atom is -0.490 e. The van der Waals surface area contributed by atoms with Crippen molar-refractivity contribution in [1.82, 2.24) is 5.32 Å². The minimum absolute atomic E-state index is 0.0850. The number of carbonyl (C=O) groups is 1. The van der Waals surface area contributed by atoms with Crippen molar-refractivity contribution in [2.24, 2.45) is 0 Å². The molecule has 2 aromatic carbocycles. The summed E-state index contributed by atoms with van der Waals surface area (Å²) in [5.74, 6) is -0.455. The van der Waals surface area contributed by atoms with Gasteiger partial charge in [-0.15, -0.1) is 0 Å². The highest BCUT2D eigenvalue weighted by Gasteiger charge is 2.20. The van der Waals surface area contributed by atoms with Crippen molar-refractivity contribution in [1.29, 1.82) is 0 Å². The molecule has 0 atom stereocenters. The second-order valence-electron chi connectivity index (χ2n) is 6.26. The Morgan fingerprint density at radius 3 is 2.61 bits per heavy atom. The molecule has 2 aromatic rings. The summed E-state index contributed by atoms with van der Waals surface area (Å²) in [6.45, 7) is 1.96. The first-order chi connectivity index (χ1) is 13.5. The van der Waals surface area contributed by atoms with E-state index >= 15 is 0 Å². The number of hydrogen-bond acceptors (Lipinski definition) is 6. The van der Waals surface area contributed by atoms with Crippen LogP contribution in [0.3, 0.4) is 0 Å². The fourth-order valence-electron chi connectivity index (χ4n) is 3.12. The minimum atomic E-state index is -0.599. The fraction of sp³-hybridized carbons (Fsp3) is 0.263. The van der Waals surface area contributed by atoms with Gasteiger partial charge < -0.3 is 15.0 Å². The van der Waals surface area contributed by atoms with E-state index in [4.69, 9.17) is 17.0 Å². The number of carbonyl (C=O) groups excluding carboxylic acids is 1. The second-order valence-corrected chi connectivity index (χ2v) is 6.67. The maximum Gasteiger partial charge on any atom is 0.311 e. The number of hydrogen-bond donors (Lipinski definition) is 2. The number of thiocarbonyl (C=S) groups is 1. The van der Waals surface area contributed by atoms with Crippen LogP contribution in [-0.4, -0.2) is 36.1 Å². The number of nitro groups is 1. The molecule has 2 N–H and O–H groups in total. The number of amides is 1. The van der Waals surface area contributed by atoms with Gasteiger partial charge in [0.1, 0.15) is 0 Å². The molecule has 0 aliphatic carbocycles. The van der Waals surface area contributed by atoms with Gasteiger partial charge in [0.15, 0.2) is 10.9 Å². The van der Waals surface area contributed by atoms with E-state index in [1.807, 2.05) is 24.3 Å². The summed E-state index contributed by atoms with van der Waals surface area (Å²) in [4.78, 5) is 25.2. The van der Waals surface area contributed by atoms with Crippen molar-refractivity contribution < 1.29 is 14.5 Å². The molecule has 1 fully saturated rings. The van der Waals surface area contributed by atoms with Gasteiger partial charge in [0, 0.05) is 24.7 Å². The predicted octanol–water partition coefficient (Wildman–Crippen LogP) is 3.33. The van der Waals surface area contributed by atoms with Crippen LogP contribution >= 0.6 is 12.2 Å². The van der Waals surface area contributed by atoms with E-state index in [-0.39, 0.29) is 22.1 Å². The summed E-state index contributed by atoms with van der Waals surface area (Å²) < 4.78 is 4.95. The van der Waals surface area contributed by atoms with E-state index < -0.39 is 10.8 Å². The molecule has 3 rings (SSSR count). The molecule has 1 saturated heterocycles. The third kappa shape index (κ3) is 4.37. The summed E-state index contributed by atoms with van der Waals surface area (Å²) in [5, 5.41) is 16.9. The number of benzene rings is 2. The van der Waals surface area contributed by atoms with Crippen LogP contribution in [0.15, 0.2) is 42.5 Å². The molecule has 1 aliphatic heterocycles. The number of anilines is 2. The summed E-state index contributed by atoms with van der Waals surface area (Å²) >= 11 is 5.26. The second kappa shape index (κ2) is 8.66. The Balaban J connectivity index is 1.71. The third-order valence-corrected chi connectivity index (χ3v) is 4.67. The highest BCUT2D eigenvalue weighted by molar-refractivity contribution is 7.80. The zero-order valence-electron chi connectivity index (χ0n) is 15.3. The van der Waals surface area contributed by atoms with Gasteiger partial charge in [-0.2, -0.15) is 0 Å². The molecule has 9 heteroatoms. The maximum atomic E-state index is 12.4. The average molecular weight is 400 g/mol. The normalized spacial score (nSPS) is 13.1. The van der Waals surface area contributed by atoms with Crippen LogP contribution < -0.4 is 20.3 Å². The van der Waals surface area contributed by atoms with Gasteiger partial charge in [-0.1, -0.05) is 12.1 Å². The van der Waals surface area contributed by atoms with Gasteiger partial charge in [-0.05, 0) is 49.3 Å². The fourth-order valence-corrected chi connectivity index (χ4v) is 3.32. The van der Waals surface area contributed by atoms with Gasteiger partial charge in [0.05, 0.1) is 23.4 Å². The Labute approximate surface area is 167 Å². The topological polar surface area (TPSA) is 96.7 Å². The van der Waals surface area contributed by atoms with Crippen LogP contribution in [0, 0.1) is 10.1 Å². The van der Waals surface area contributed by atoms with E-state index in [2.05, 4.69) is 15.5 Å². The zero-order chi connectivity index (χ0) is 20.1. The first-order valence-corrected chi connectivity index (χ1v) is 9.19. The largest absolute Gasteiger partial charge is 0.490 e. The monoisotopic (exact) mass is 400 g/mol. The zero-order valence-corrected chi connectivity index (χ0v) is 16.1. The number of nitrogens with one attached hydrogen (secondary N) is 2. The molecule has 0 bridgehead atoms. The third-order valence-electron chi connectivity index (χ3n) is 4.46. The number of nitrogens with zero attached hydrogens (tertiary/aromatic N) is 2. The van der Waals surface area contributed by atoms with Crippen molar-refractivity contribution >= 4 is 40.3 Å². The van der Waals surface area contributed by atoms with Crippen LogP contribution in [0.5, 0.6) is 5.75 Å². The molecule has 28 heavy (non-hydrogen) atoms. The highest BCUT2D eigenvalue weighted by atomic mass is 32.1. The lowest BCUT2D eigenvalue weighted by molar-refractivity contribution is -0.385. The molecule has 0 unspecified atom stereocenters. The van der Waals surface area contributed by atoms with Gasteiger partial charge >= 0.3 is 5.69 Å². The molecule has 0 saturated carbocycles. The lowest BCUT2D eigenvalue weighted by Gasteiger charge is -2.22. The molecule has 0 aromatic heterocycles. The van der Waals surface area contributed by atoms with E-state index in [0.717, 1.165) is 43.4 Å². The number of methoxy groups -OCH3 is 1. The Morgan fingerprint density at radius 2 is 1.93 bits per heavy atom. The highest BCUT2D eigenvalue weighted by Crippen LogP contribution is 2.29. The first kappa shape index (κ1) is 19.6. The standard InChI is InChI=1S/C19H20N4O4S/c1-27-17-9-8-13(12-16(17)23(25)26)18(24)21-19(28)20-14-6-2-3-7-15(14)22-10-4-5-11-22/h2-3,6-9,12H,4-5,10-11H2,1H3,(H2,20,21,24,28). The SMILES string of the molecule is COc1ccc(C(=O)NC(=S)Nc2ccccc2N2CCCC2)cc1[N+](=O)[O-]. The molecule has 1 aliphatic rings. The molecule has 1 amide bonds. The summed E-state index contributed by atoms with van der Waals surface area (Å²) in [5.41, 5.74) is 1.66. The molecular weight excluding hydrogens is 380 g/mol. The maximum absolute atomic E-state index is 12.4. The summed E-state index contributed by atoms with van der Waals surface area (Å²) in [7, 11) is 1.33. The van der Waals surface area contributed by atoms with Gasteiger partial charge in [0.25, 0.3) is 5.91 Å². The number of rotatable bonds is 5. The van der Waals surface area contributed by atoms with Gasteiger partial charge in [-0.25, -0.2) is 0 Å². The van der Waals surface area contributed by atoms with Crippen molar-refractivity contribution in [2.75, 3.05) is 30.4 Å². The number of ether oxygens (including phenoxy) is 1. The van der Waals surface area contributed by atoms with Crippen molar-refractivity contribution in [2.45, 2.75) is 12.8 Å². The van der Waals surface area contributed by atoms with E-state index in [1.165, 1.54) is 19.2 Å². The lowest BCUT2D eigenvalue weighted by Crippen LogP contribution is -2.34. The van der Waals surface area contributed by atoms with E-state index in [0.29, 0.717) is 0 Å². The van der Waals surface area contributed by atoms with E-state index in [9.17, 15) is 14.9 Å². The molecule has 146 valence electrons. The number of para-hydroxylation sites is 2. The van der Waals surface area contributed by atoms with Crippen molar-refractivity contribution in [3.05, 3.63) is 58.1 Å². The van der Waals surface area contributed by atoms with Gasteiger partial charge in [-0.3, -0.25) is 20.2 Å². The van der Waals surface area contributed by atoms with Crippen LogP contribution in [0.4, 0.5) is 17.1 Å². The average Bonchev–Trinajstić information content (AvgIpc) is 3.22. The van der Waals surface area contributed by atoms with Crippen molar-refractivity contribution in [3.63, 3.8) is 0 Å². The van der Waals surface area contributed by atoms with Crippen LogP contribution in [0.25, 0.3) is 0 Å². The molecule has 8 nitrogen and oxygen atoms in total. The smallest absolute Gasteiger partial charge is 0.311 e. The molecular formula is C19H20N4O4S. The van der Waals surface area contributed by atoms with Gasteiger partial charge in [0.2, 0.25) is 0 Å². The van der Waals surface area contributed by atoms with Crippen LogP contribution in [0.2, 0.25) is 0 Å². The van der Waals surface area contributed by atoms with Crippen LogP contribution in [0.1, 0.15) is 23.2 Å². The number of nitro benzene ring substituents is 1. The predicted molar refractivity (Wildman–Crippen MR) is 111 cm³/mol. The summed E-state index contributed by atoms with van der Waals surface area (Å²) in [6, 6.07) is 11.7. The molecule has 0 spiro atoms.